The molecule has 3 aromatic carbocycles. The van der Waals surface area contributed by atoms with Gasteiger partial charge in [0.05, 0.1) is 22.8 Å². The Morgan fingerprint density at radius 2 is 1.88 bits per heavy atom. The highest BCUT2D eigenvalue weighted by atomic mass is 35.5. The molecule has 0 radical (unpaired) electrons. The van der Waals surface area contributed by atoms with Crippen LogP contribution in [0.25, 0.3) is 10.9 Å². The summed E-state index contributed by atoms with van der Waals surface area (Å²) in [6.45, 7) is 1.31. The normalized spacial score (nSPS) is 10.9. The van der Waals surface area contributed by atoms with Gasteiger partial charge in [-0.05, 0) is 42.0 Å². The fourth-order valence-corrected chi connectivity index (χ4v) is 3.57. The fourth-order valence-electron chi connectivity index (χ4n) is 3.33. The lowest BCUT2D eigenvalue weighted by Gasteiger charge is -2.13. The van der Waals surface area contributed by atoms with E-state index in [1.165, 1.54) is 18.5 Å². The zero-order valence-electron chi connectivity index (χ0n) is 18.6. The molecule has 0 aliphatic heterocycles. The predicted molar refractivity (Wildman–Crippen MR) is 131 cm³/mol. The first-order valence-corrected chi connectivity index (χ1v) is 11.0. The first-order valence-electron chi connectivity index (χ1n) is 10.6. The van der Waals surface area contributed by atoms with Crippen molar-refractivity contribution in [2.45, 2.75) is 13.0 Å². The zero-order valence-corrected chi connectivity index (χ0v) is 19.3. The molecule has 0 aliphatic rings. The SMILES string of the molecule is COCCCOc1cc2ncnc(Nc3ccc(OCc4cccc(F)c4)c(Cl)c3)c2cc1N. The highest BCUT2D eigenvalue weighted by molar-refractivity contribution is 6.32. The quantitative estimate of drug-likeness (QED) is 0.220. The molecule has 0 unspecified atom stereocenters. The Labute approximate surface area is 201 Å². The smallest absolute Gasteiger partial charge is 0.144 e. The number of nitrogens with zero attached hydrogens (tertiary/aromatic N) is 2. The van der Waals surface area contributed by atoms with Gasteiger partial charge in [-0.1, -0.05) is 23.7 Å². The van der Waals surface area contributed by atoms with Crippen LogP contribution in [0.1, 0.15) is 12.0 Å². The van der Waals surface area contributed by atoms with Crippen molar-refractivity contribution < 1.29 is 18.6 Å². The summed E-state index contributed by atoms with van der Waals surface area (Å²) in [5.41, 5.74) is 8.80. The minimum atomic E-state index is -0.311. The van der Waals surface area contributed by atoms with Crippen LogP contribution in [-0.2, 0) is 11.3 Å². The second-order valence-corrected chi connectivity index (χ2v) is 7.92. The number of nitrogen functional groups attached to an aromatic ring is 1. The number of aromatic nitrogens is 2. The summed E-state index contributed by atoms with van der Waals surface area (Å²) in [6, 6.07) is 15.1. The van der Waals surface area contributed by atoms with Gasteiger partial charge in [0.25, 0.3) is 0 Å². The molecule has 0 saturated carbocycles. The summed E-state index contributed by atoms with van der Waals surface area (Å²) in [4.78, 5) is 8.69. The fraction of sp³-hybridized carbons (Fsp3) is 0.200. The van der Waals surface area contributed by atoms with Crippen LogP contribution in [0.5, 0.6) is 11.5 Å². The maximum Gasteiger partial charge on any atom is 0.144 e. The first kappa shape index (κ1) is 23.5. The topological polar surface area (TPSA) is 91.5 Å². The Morgan fingerprint density at radius 1 is 1.00 bits per heavy atom. The molecule has 4 rings (SSSR count). The van der Waals surface area contributed by atoms with Crippen molar-refractivity contribution in [3.05, 3.63) is 77.3 Å². The summed E-state index contributed by atoms with van der Waals surface area (Å²) in [6.07, 6.45) is 2.22. The lowest BCUT2D eigenvalue weighted by molar-refractivity contribution is 0.172. The Morgan fingerprint density at radius 3 is 2.68 bits per heavy atom. The van der Waals surface area contributed by atoms with E-state index in [9.17, 15) is 4.39 Å². The third-order valence-electron chi connectivity index (χ3n) is 5.00. The number of ether oxygens (including phenoxy) is 3. The van der Waals surface area contributed by atoms with Crippen molar-refractivity contribution in [3.8, 4) is 11.5 Å². The van der Waals surface area contributed by atoms with E-state index in [1.54, 1.807) is 43.5 Å². The predicted octanol–water partition coefficient (Wildman–Crippen LogP) is 5.74. The van der Waals surface area contributed by atoms with Crippen LogP contribution in [0.15, 0.2) is 60.9 Å². The van der Waals surface area contributed by atoms with Crippen LogP contribution >= 0.6 is 11.6 Å². The summed E-state index contributed by atoms with van der Waals surface area (Å²) in [7, 11) is 1.65. The molecule has 9 heteroatoms. The number of halogens is 2. The van der Waals surface area contributed by atoms with Gasteiger partial charge in [0.1, 0.15) is 36.1 Å². The number of nitrogens with two attached hydrogens (primary N) is 1. The van der Waals surface area contributed by atoms with E-state index in [0.29, 0.717) is 58.0 Å². The van der Waals surface area contributed by atoms with Crippen LogP contribution in [-0.4, -0.2) is 30.3 Å². The van der Waals surface area contributed by atoms with Gasteiger partial charge in [-0.3, -0.25) is 0 Å². The van der Waals surface area contributed by atoms with Gasteiger partial charge in [0.15, 0.2) is 0 Å². The average Bonchev–Trinajstić information content (AvgIpc) is 2.82. The van der Waals surface area contributed by atoms with E-state index >= 15 is 0 Å². The Balaban J connectivity index is 1.48. The summed E-state index contributed by atoms with van der Waals surface area (Å²) >= 11 is 6.41. The van der Waals surface area contributed by atoms with Gasteiger partial charge >= 0.3 is 0 Å². The molecule has 7 nitrogen and oxygen atoms in total. The summed E-state index contributed by atoms with van der Waals surface area (Å²) in [5, 5.41) is 4.40. The Kier molecular flexibility index (Phi) is 7.61. The molecule has 0 aliphatic carbocycles. The monoisotopic (exact) mass is 482 g/mol. The van der Waals surface area contributed by atoms with E-state index in [4.69, 9.17) is 31.5 Å². The zero-order chi connectivity index (χ0) is 23.9. The van der Waals surface area contributed by atoms with Crippen molar-refractivity contribution in [2.24, 2.45) is 0 Å². The average molecular weight is 483 g/mol. The summed E-state index contributed by atoms with van der Waals surface area (Å²) in [5.74, 6) is 1.32. The standard InChI is InChI=1S/C25H24ClFN4O3/c1-32-8-3-9-33-24-13-22-19(12-21(24)28)25(30-15-29-22)31-18-6-7-23(20(26)11-18)34-14-16-4-2-5-17(27)10-16/h2,4-7,10-13,15H,3,8-9,14,28H2,1H3,(H,29,30,31). The van der Waals surface area contributed by atoms with E-state index in [1.807, 2.05) is 6.07 Å². The van der Waals surface area contributed by atoms with E-state index in [-0.39, 0.29) is 12.4 Å². The summed E-state index contributed by atoms with van der Waals surface area (Å²) < 4.78 is 29.9. The third-order valence-corrected chi connectivity index (χ3v) is 5.29. The van der Waals surface area contributed by atoms with Gasteiger partial charge < -0.3 is 25.3 Å². The Bertz CT molecular complexity index is 1290. The molecular weight excluding hydrogens is 459 g/mol. The maximum atomic E-state index is 13.4. The molecule has 1 aromatic heterocycles. The molecule has 0 saturated heterocycles. The van der Waals surface area contributed by atoms with Crippen LogP contribution in [0.2, 0.25) is 5.02 Å². The molecule has 34 heavy (non-hydrogen) atoms. The molecule has 0 spiro atoms. The molecule has 3 N–H and O–H groups in total. The minimum absolute atomic E-state index is 0.204. The second-order valence-electron chi connectivity index (χ2n) is 7.51. The number of benzene rings is 3. The van der Waals surface area contributed by atoms with Crippen molar-refractivity contribution in [3.63, 3.8) is 0 Å². The van der Waals surface area contributed by atoms with Gasteiger partial charge in [0.2, 0.25) is 0 Å². The van der Waals surface area contributed by atoms with Gasteiger partial charge in [0, 0.05) is 37.3 Å². The first-order chi connectivity index (χ1) is 16.5. The molecular formula is C25H24ClFN4O3. The van der Waals surface area contributed by atoms with Crippen molar-refractivity contribution in [2.75, 3.05) is 31.4 Å². The lowest BCUT2D eigenvalue weighted by atomic mass is 10.2. The number of methoxy groups -OCH3 is 1. The number of hydrogen-bond acceptors (Lipinski definition) is 7. The maximum absolute atomic E-state index is 13.4. The van der Waals surface area contributed by atoms with Gasteiger partial charge in [-0.2, -0.15) is 0 Å². The highest BCUT2D eigenvalue weighted by Gasteiger charge is 2.11. The van der Waals surface area contributed by atoms with Crippen LogP contribution < -0.4 is 20.5 Å². The number of rotatable bonds is 10. The number of anilines is 3. The van der Waals surface area contributed by atoms with Crippen molar-refractivity contribution >= 4 is 39.7 Å². The molecule has 0 amide bonds. The van der Waals surface area contributed by atoms with E-state index < -0.39 is 0 Å². The molecule has 0 bridgehead atoms. The lowest BCUT2D eigenvalue weighted by Crippen LogP contribution is -2.04. The van der Waals surface area contributed by atoms with Crippen molar-refractivity contribution in [1.82, 2.24) is 9.97 Å². The number of hydrogen-bond donors (Lipinski definition) is 2. The van der Waals surface area contributed by atoms with E-state index in [0.717, 1.165) is 11.8 Å². The largest absolute Gasteiger partial charge is 0.491 e. The molecule has 0 atom stereocenters. The van der Waals surface area contributed by atoms with Crippen LogP contribution in [0, 0.1) is 5.82 Å². The minimum Gasteiger partial charge on any atom is -0.491 e. The number of nitrogens with one attached hydrogen (secondary N) is 1. The highest BCUT2D eigenvalue weighted by Crippen LogP contribution is 2.33. The molecule has 176 valence electrons. The van der Waals surface area contributed by atoms with Crippen LogP contribution in [0.4, 0.5) is 21.6 Å². The van der Waals surface area contributed by atoms with Crippen molar-refractivity contribution in [1.29, 1.82) is 0 Å². The number of fused-ring (bicyclic) bond motifs is 1. The Hall–Kier alpha value is -3.62. The van der Waals surface area contributed by atoms with Crippen LogP contribution in [0.3, 0.4) is 0 Å². The second kappa shape index (κ2) is 11.0. The molecule has 1 heterocycles. The van der Waals surface area contributed by atoms with Gasteiger partial charge in [-0.25, -0.2) is 14.4 Å². The molecule has 0 fully saturated rings. The third kappa shape index (κ3) is 5.84. The van der Waals surface area contributed by atoms with Gasteiger partial charge in [-0.15, -0.1) is 0 Å². The molecule has 4 aromatic rings. The van der Waals surface area contributed by atoms with E-state index in [2.05, 4.69) is 15.3 Å².